The molecule has 2 aliphatic rings. The third-order valence-corrected chi connectivity index (χ3v) is 7.41. The third-order valence-electron chi connectivity index (χ3n) is 7.41. The number of primary amides is 1. The molecule has 5 rings (SSSR count). The average Bonchev–Trinajstić information content (AvgIpc) is 3.03. The highest BCUT2D eigenvalue weighted by atomic mass is 35.5. The summed E-state index contributed by atoms with van der Waals surface area (Å²) in [6, 6.07) is 27.6. The molecule has 1 fully saturated rings. The molecule has 190 valence electrons. The average molecular weight is 525 g/mol. The highest BCUT2D eigenvalue weighted by Gasteiger charge is 2.39. The first-order valence-corrected chi connectivity index (χ1v) is 12.4. The minimum absolute atomic E-state index is 0. The molecule has 0 radical (unpaired) electrons. The van der Waals surface area contributed by atoms with Crippen LogP contribution >= 0.6 is 24.8 Å². The van der Waals surface area contributed by atoms with Crippen LogP contribution in [0.1, 0.15) is 41.5 Å². The molecule has 3 aromatic carbocycles. The van der Waals surface area contributed by atoms with Gasteiger partial charge in [-0.1, -0.05) is 72.8 Å². The number of anilines is 1. The fourth-order valence-corrected chi connectivity index (χ4v) is 5.42. The molecule has 3 N–H and O–H groups in total. The van der Waals surface area contributed by atoms with Gasteiger partial charge in [0.2, 0.25) is 5.91 Å². The first-order chi connectivity index (χ1) is 16.6. The number of hydrogen-bond donors (Lipinski definition) is 2. The Morgan fingerprint density at radius 2 is 1.36 bits per heavy atom. The lowest BCUT2D eigenvalue weighted by atomic mass is 9.86. The first-order valence-electron chi connectivity index (χ1n) is 12.4. The van der Waals surface area contributed by atoms with E-state index in [-0.39, 0.29) is 30.7 Å². The van der Waals surface area contributed by atoms with Crippen LogP contribution in [-0.4, -0.2) is 36.0 Å². The van der Waals surface area contributed by atoms with Crippen LogP contribution in [0, 0.1) is 0 Å². The van der Waals surface area contributed by atoms with Crippen molar-refractivity contribution in [2.75, 3.05) is 25.0 Å². The number of fused-ring (bicyclic) bond motifs is 2. The van der Waals surface area contributed by atoms with Crippen molar-refractivity contribution in [3.63, 3.8) is 0 Å². The smallest absolute Gasteiger partial charge is 0.243 e. The topological polar surface area (TPSA) is 58.4 Å². The maximum atomic E-state index is 12.4. The zero-order chi connectivity index (χ0) is 23.4. The molecule has 1 saturated heterocycles. The number of benzene rings is 3. The maximum absolute atomic E-state index is 12.4. The van der Waals surface area contributed by atoms with E-state index >= 15 is 0 Å². The molecular weight excluding hydrogens is 489 g/mol. The Hall–Kier alpha value is -2.79. The van der Waals surface area contributed by atoms with E-state index in [0.717, 1.165) is 57.4 Å². The number of halogens is 2. The Kier molecular flexibility index (Phi) is 9.61. The van der Waals surface area contributed by atoms with Crippen LogP contribution in [0.25, 0.3) is 5.57 Å². The van der Waals surface area contributed by atoms with Gasteiger partial charge in [0.15, 0.2) is 0 Å². The van der Waals surface area contributed by atoms with Crippen molar-refractivity contribution >= 4 is 42.0 Å². The lowest BCUT2D eigenvalue weighted by Gasteiger charge is -2.40. The van der Waals surface area contributed by atoms with Gasteiger partial charge in [0.05, 0.1) is 0 Å². The zero-order valence-corrected chi connectivity index (χ0v) is 22.1. The molecular formula is C30H35Cl2N3O. The van der Waals surface area contributed by atoms with Gasteiger partial charge in [-0.15, -0.1) is 24.8 Å². The molecule has 36 heavy (non-hydrogen) atoms. The quantitative estimate of drug-likeness (QED) is 0.423. The monoisotopic (exact) mass is 523 g/mol. The molecule has 1 amide bonds. The largest absolute Gasteiger partial charge is 0.371 e. The molecule has 0 atom stereocenters. The van der Waals surface area contributed by atoms with Crippen molar-refractivity contribution in [2.24, 2.45) is 5.73 Å². The number of hydrogen-bond acceptors (Lipinski definition) is 3. The molecule has 4 nitrogen and oxygen atoms in total. The normalized spacial score (nSPS) is 16.3. The fourth-order valence-electron chi connectivity index (χ4n) is 5.42. The van der Waals surface area contributed by atoms with Crippen LogP contribution in [0.4, 0.5) is 5.69 Å². The van der Waals surface area contributed by atoms with Gasteiger partial charge in [-0.3, -0.25) is 4.79 Å². The second-order valence-electron chi connectivity index (χ2n) is 9.50. The van der Waals surface area contributed by atoms with E-state index in [0.29, 0.717) is 0 Å². The highest BCUT2D eigenvalue weighted by molar-refractivity contribution is 5.88. The van der Waals surface area contributed by atoms with Crippen LogP contribution in [-0.2, 0) is 17.6 Å². The van der Waals surface area contributed by atoms with Gasteiger partial charge in [-0.2, -0.15) is 0 Å². The molecule has 1 aliphatic carbocycles. The molecule has 0 aromatic heterocycles. The number of aryl methyl sites for hydroxylation is 2. The molecule has 0 unspecified atom stereocenters. The molecule has 0 bridgehead atoms. The Bertz CT molecular complexity index is 1140. The predicted octanol–water partition coefficient (Wildman–Crippen LogP) is 5.88. The van der Waals surface area contributed by atoms with Crippen molar-refractivity contribution < 1.29 is 4.79 Å². The summed E-state index contributed by atoms with van der Waals surface area (Å²) in [4.78, 5) is 14.9. The molecule has 6 heteroatoms. The van der Waals surface area contributed by atoms with E-state index in [4.69, 9.17) is 5.73 Å². The van der Waals surface area contributed by atoms with Gasteiger partial charge in [0.1, 0.15) is 5.54 Å². The van der Waals surface area contributed by atoms with Crippen LogP contribution in [0.3, 0.4) is 0 Å². The Labute approximate surface area is 226 Å². The lowest BCUT2D eigenvalue weighted by molar-refractivity contribution is -0.123. The number of para-hydroxylation sites is 1. The molecule has 1 heterocycles. The SMILES string of the molecule is Cl.Cl.NC(=O)C1(Nc2ccccc2)CCN(CCC=C2c3ccccc3CCc3ccccc32)CC1. The molecule has 1 aliphatic heterocycles. The summed E-state index contributed by atoms with van der Waals surface area (Å²) in [7, 11) is 0. The lowest BCUT2D eigenvalue weighted by Crippen LogP contribution is -2.57. The fraction of sp³-hybridized carbons (Fsp3) is 0.300. The number of nitrogens with two attached hydrogens (primary N) is 1. The van der Waals surface area contributed by atoms with Crippen LogP contribution in [0.5, 0.6) is 0 Å². The van der Waals surface area contributed by atoms with Crippen molar-refractivity contribution in [1.82, 2.24) is 4.90 Å². The summed E-state index contributed by atoms with van der Waals surface area (Å²) in [5, 5.41) is 3.44. The number of carbonyl (C=O) groups excluding carboxylic acids is 1. The van der Waals surface area contributed by atoms with Crippen molar-refractivity contribution in [1.29, 1.82) is 0 Å². The van der Waals surface area contributed by atoms with Crippen LogP contribution in [0.2, 0.25) is 0 Å². The molecule has 3 aromatic rings. The van der Waals surface area contributed by atoms with E-state index in [9.17, 15) is 4.79 Å². The maximum Gasteiger partial charge on any atom is 0.243 e. The van der Waals surface area contributed by atoms with Gasteiger partial charge in [0, 0.05) is 25.3 Å². The van der Waals surface area contributed by atoms with Crippen molar-refractivity contribution in [2.45, 2.75) is 37.6 Å². The third kappa shape index (κ3) is 5.95. The zero-order valence-electron chi connectivity index (χ0n) is 20.5. The van der Waals surface area contributed by atoms with Crippen LogP contribution < -0.4 is 11.1 Å². The Morgan fingerprint density at radius 3 is 1.92 bits per heavy atom. The first kappa shape index (κ1) is 27.8. The number of amides is 1. The van der Waals surface area contributed by atoms with Crippen molar-refractivity contribution in [3.05, 3.63) is 107 Å². The summed E-state index contributed by atoms with van der Waals surface area (Å²) in [6.07, 6.45) is 7.01. The van der Waals surface area contributed by atoms with Gasteiger partial charge in [-0.25, -0.2) is 0 Å². The summed E-state index contributed by atoms with van der Waals surface area (Å²) >= 11 is 0. The second-order valence-corrected chi connectivity index (χ2v) is 9.50. The van der Waals surface area contributed by atoms with E-state index in [1.807, 2.05) is 30.3 Å². The number of carbonyl (C=O) groups is 1. The van der Waals surface area contributed by atoms with Gasteiger partial charge >= 0.3 is 0 Å². The summed E-state index contributed by atoms with van der Waals surface area (Å²) in [6.45, 7) is 2.70. The van der Waals surface area contributed by atoms with Crippen molar-refractivity contribution in [3.8, 4) is 0 Å². The summed E-state index contributed by atoms with van der Waals surface area (Å²) in [5.74, 6) is -0.259. The van der Waals surface area contributed by atoms with Gasteiger partial charge < -0.3 is 16.0 Å². The van der Waals surface area contributed by atoms with E-state index in [1.165, 1.54) is 27.8 Å². The number of nitrogens with zero attached hydrogens (tertiary/aromatic N) is 1. The van der Waals surface area contributed by atoms with E-state index in [2.05, 4.69) is 64.8 Å². The van der Waals surface area contributed by atoms with E-state index < -0.39 is 5.54 Å². The van der Waals surface area contributed by atoms with Gasteiger partial charge in [0.25, 0.3) is 0 Å². The van der Waals surface area contributed by atoms with Gasteiger partial charge in [-0.05, 0) is 72.1 Å². The summed E-state index contributed by atoms with van der Waals surface area (Å²) in [5.41, 5.74) is 13.1. The molecule has 0 spiro atoms. The summed E-state index contributed by atoms with van der Waals surface area (Å²) < 4.78 is 0. The molecule has 0 saturated carbocycles. The number of rotatable bonds is 6. The Balaban J connectivity index is 0.00000180. The standard InChI is InChI=1S/C30H33N3O.2ClH/c31-29(34)30(32-25-11-2-1-3-12-25)18-21-33(22-19-30)20-8-15-28-26-13-6-4-9-23(26)16-17-24-10-5-7-14-27(24)28;;/h1-7,9-15,32H,8,16-22H2,(H2,31,34);2*1H. The predicted molar refractivity (Wildman–Crippen MR) is 154 cm³/mol. The van der Waals surface area contributed by atoms with E-state index in [1.54, 1.807) is 0 Å². The number of piperidine rings is 1. The van der Waals surface area contributed by atoms with Crippen LogP contribution in [0.15, 0.2) is 84.9 Å². The minimum atomic E-state index is -0.671. The number of nitrogens with one attached hydrogen (secondary N) is 1. The second kappa shape index (κ2) is 12.4. The highest BCUT2D eigenvalue weighted by Crippen LogP contribution is 2.34. The number of likely N-dealkylation sites (tertiary alicyclic amines) is 1. The Morgan fingerprint density at radius 1 is 0.833 bits per heavy atom. The minimum Gasteiger partial charge on any atom is -0.371 e.